The molecule has 3 aromatic heterocycles. The molecule has 0 unspecified atom stereocenters. The van der Waals surface area contributed by atoms with Crippen LogP contribution < -0.4 is 9.80 Å². The van der Waals surface area contributed by atoms with Crippen molar-refractivity contribution >= 4 is 17.4 Å². The number of aromatic nitrogens is 5. The highest BCUT2D eigenvalue weighted by Gasteiger charge is 2.38. The number of nitrogens with zero attached hydrogens (tertiary/aromatic N) is 7. The van der Waals surface area contributed by atoms with Crippen LogP contribution >= 0.6 is 0 Å². The maximum Gasteiger partial charge on any atom is 0.249 e. The molecule has 0 bridgehead atoms. The second kappa shape index (κ2) is 7.03. The summed E-state index contributed by atoms with van der Waals surface area (Å²) in [5.41, 5.74) is 1.46. The van der Waals surface area contributed by atoms with Gasteiger partial charge in [-0.05, 0) is 32.4 Å². The maximum absolute atomic E-state index is 12.8. The number of amides is 1. The highest BCUT2D eigenvalue weighted by molar-refractivity contribution is 6.04. The Morgan fingerprint density at radius 1 is 1.14 bits per heavy atom. The van der Waals surface area contributed by atoms with Crippen LogP contribution in [-0.4, -0.2) is 49.5 Å². The zero-order chi connectivity index (χ0) is 19.8. The van der Waals surface area contributed by atoms with Crippen molar-refractivity contribution in [2.75, 3.05) is 16.8 Å². The van der Waals surface area contributed by atoms with E-state index in [1.54, 1.807) is 30.5 Å². The molecule has 0 radical (unpaired) electrons. The van der Waals surface area contributed by atoms with Gasteiger partial charge in [0.25, 0.3) is 0 Å². The van der Waals surface area contributed by atoms with E-state index in [0.29, 0.717) is 23.9 Å². The van der Waals surface area contributed by atoms with Crippen LogP contribution in [0.4, 0.5) is 11.5 Å². The molecule has 8 heteroatoms. The summed E-state index contributed by atoms with van der Waals surface area (Å²) in [4.78, 5) is 34.7. The van der Waals surface area contributed by atoms with Crippen LogP contribution in [0.5, 0.6) is 0 Å². The first-order valence-corrected chi connectivity index (χ1v) is 9.41. The summed E-state index contributed by atoms with van der Waals surface area (Å²) in [7, 11) is 1.78. The van der Waals surface area contributed by atoms with Crippen LogP contribution in [0.15, 0.2) is 43.0 Å². The Bertz CT molecular complexity index is 999. The second-order valence-corrected chi connectivity index (χ2v) is 7.04. The predicted octanol–water partition coefficient (Wildman–Crippen LogP) is 2.69. The third-order valence-corrected chi connectivity index (χ3v) is 4.99. The molecule has 0 saturated carbocycles. The van der Waals surface area contributed by atoms with E-state index in [9.17, 15) is 4.79 Å². The first kappa shape index (κ1) is 18.1. The highest BCUT2D eigenvalue weighted by Crippen LogP contribution is 2.36. The van der Waals surface area contributed by atoms with E-state index in [2.05, 4.69) is 33.7 Å². The number of fused-ring (bicyclic) bond motifs is 1. The third-order valence-electron chi connectivity index (χ3n) is 4.99. The fourth-order valence-electron chi connectivity index (χ4n) is 3.63. The van der Waals surface area contributed by atoms with Crippen LogP contribution in [0.1, 0.15) is 27.2 Å². The molecule has 28 heavy (non-hydrogen) atoms. The van der Waals surface area contributed by atoms with Crippen molar-refractivity contribution in [2.24, 2.45) is 0 Å². The molecule has 0 fully saturated rings. The molecule has 8 nitrogen and oxygen atoms in total. The minimum atomic E-state index is -0.238. The molecular weight excluding hydrogens is 354 g/mol. The van der Waals surface area contributed by atoms with E-state index in [0.717, 1.165) is 11.5 Å². The minimum Gasteiger partial charge on any atom is -0.340 e. The van der Waals surface area contributed by atoms with E-state index in [1.807, 2.05) is 35.9 Å². The topological polar surface area (TPSA) is 80.0 Å². The highest BCUT2D eigenvalue weighted by atomic mass is 16.2. The molecule has 0 aromatic carbocycles. The van der Waals surface area contributed by atoms with E-state index >= 15 is 0 Å². The number of likely N-dealkylation sites (N-methyl/N-ethyl adjacent to an activating group) is 1. The van der Waals surface area contributed by atoms with Gasteiger partial charge in [0.15, 0.2) is 11.6 Å². The van der Waals surface area contributed by atoms with Crippen molar-refractivity contribution in [3.8, 4) is 17.5 Å². The normalized spacial score (nSPS) is 16.6. The standard InChI is InChI=1S/C20H23N7O/c1-5-15-19(28)25(4)16-12-23-20(24-18(16)27(15)13(2)3)26-11-10-22-17(26)14-8-6-7-9-21-14/h6-13,15H,5H2,1-4H3/t15-/m1/s1. The molecule has 0 spiro atoms. The third kappa shape index (κ3) is 2.81. The summed E-state index contributed by atoms with van der Waals surface area (Å²) in [6.07, 6.45) is 7.68. The van der Waals surface area contributed by atoms with Gasteiger partial charge in [0.2, 0.25) is 11.9 Å². The van der Waals surface area contributed by atoms with Gasteiger partial charge in [-0.25, -0.2) is 9.97 Å². The average molecular weight is 377 g/mol. The Hall–Kier alpha value is -3.29. The number of rotatable bonds is 4. The van der Waals surface area contributed by atoms with Gasteiger partial charge in [0.1, 0.15) is 17.4 Å². The Labute approximate surface area is 163 Å². The Balaban J connectivity index is 1.85. The monoisotopic (exact) mass is 377 g/mol. The van der Waals surface area contributed by atoms with Crippen molar-refractivity contribution in [1.29, 1.82) is 0 Å². The number of hydrogen-bond acceptors (Lipinski definition) is 6. The smallest absolute Gasteiger partial charge is 0.249 e. The van der Waals surface area contributed by atoms with Crippen LogP contribution in [0.25, 0.3) is 17.5 Å². The largest absolute Gasteiger partial charge is 0.340 e. The van der Waals surface area contributed by atoms with Gasteiger partial charge >= 0.3 is 0 Å². The molecule has 3 aromatic rings. The molecule has 1 amide bonds. The van der Waals surface area contributed by atoms with Gasteiger partial charge in [-0.2, -0.15) is 4.98 Å². The van der Waals surface area contributed by atoms with E-state index < -0.39 is 0 Å². The van der Waals surface area contributed by atoms with E-state index in [4.69, 9.17) is 4.98 Å². The lowest BCUT2D eigenvalue weighted by Gasteiger charge is -2.42. The molecule has 1 atom stereocenters. The first-order valence-electron chi connectivity index (χ1n) is 9.41. The van der Waals surface area contributed by atoms with Crippen molar-refractivity contribution in [1.82, 2.24) is 24.5 Å². The van der Waals surface area contributed by atoms with E-state index in [-0.39, 0.29) is 18.0 Å². The quantitative estimate of drug-likeness (QED) is 0.695. The number of imidazole rings is 1. The molecular formula is C20H23N7O. The maximum atomic E-state index is 12.8. The van der Waals surface area contributed by atoms with Crippen LogP contribution in [0.3, 0.4) is 0 Å². The van der Waals surface area contributed by atoms with E-state index in [1.165, 1.54) is 0 Å². The van der Waals surface area contributed by atoms with Crippen molar-refractivity contribution in [3.05, 3.63) is 43.0 Å². The molecule has 0 saturated heterocycles. The lowest BCUT2D eigenvalue weighted by atomic mass is 10.1. The fraction of sp³-hybridized carbons (Fsp3) is 0.350. The average Bonchev–Trinajstić information content (AvgIpc) is 3.20. The molecule has 4 heterocycles. The summed E-state index contributed by atoms with van der Waals surface area (Å²) in [6.45, 7) is 6.17. The lowest BCUT2D eigenvalue weighted by molar-refractivity contribution is -0.120. The first-order chi connectivity index (χ1) is 13.5. The van der Waals surface area contributed by atoms with Crippen molar-refractivity contribution in [3.63, 3.8) is 0 Å². The van der Waals surface area contributed by atoms with Crippen molar-refractivity contribution < 1.29 is 4.79 Å². The van der Waals surface area contributed by atoms with Gasteiger partial charge in [0.05, 0.1) is 6.20 Å². The summed E-state index contributed by atoms with van der Waals surface area (Å²) in [6, 6.07) is 5.57. The molecule has 4 rings (SSSR count). The molecule has 0 aliphatic carbocycles. The second-order valence-electron chi connectivity index (χ2n) is 7.04. The molecule has 1 aliphatic heterocycles. The Kier molecular flexibility index (Phi) is 4.54. The molecule has 144 valence electrons. The number of hydrogen-bond donors (Lipinski definition) is 0. The SMILES string of the molecule is CC[C@@H]1C(=O)N(C)c2cnc(-n3ccnc3-c3ccccn3)nc2N1C(C)C. The van der Waals surface area contributed by atoms with Gasteiger partial charge < -0.3 is 9.80 Å². The van der Waals surface area contributed by atoms with Gasteiger partial charge in [-0.1, -0.05) is 13.0 Å². The van der Waals surface area contributed by atoms with Gasteiger partial charge in [-0.3, -0.25) is 14.3 Å². The number of pyridine rings is 1. The summed E-state index contributed by atoms with van der Waals surface area (Å²) in [5.74, 6) is 2.00. The summed E-state index contributed by atoms with van der Waals surface area (Å²) in [5, 5.41) is 0. The molecule has 1 aliphatic rings. The van der Waals surface area contributed by atoms with Crippen LogP contribution in [0.2, 0.25) is 0 Å². The number of carbonyl (C=O) groups excluding carboxylic acids is 1. The zero-order valence-corrected chi connectivity index (χ0v) is 16.4. The summed E-state index contributed by atoms with van der Waals surface area (Å²) < 4.78 is 1.82. The Morgan fingerprint density at radius 2 is 1.96 bits per heavy atom. The predicted molar refractivity (Wildman–Crippen MR) is 107 cm³/mol. The van der Waals surface area contributed by atoms with Gasteiger partial charge in [-0.15, -0.1) is 0 Å². The fourth-order valence-corrected chi connectivity index (χ4v) is 3.63. The number of carbonyl (C=O) groups is 1. The minimum absolute atomic E-state index is 0.0665. The lowest BCUT2D eigenvalue weighted by Crippen LogP contribution is -2.55. The van der Waals surface area contributed by atoms with Crippen LogP contribution in [-0.2, 0) is 4.79 Å². The number of anilines is 2. The molecule has 0 N–H and O–H groups in total. The van der Waals surface area contributed by atoms with Gasteiger partial charge in [0, 0.05) is 31.7 Å². The van der Waals surface area contributed by atoms with Crippen molar-refractivity contribution in [2.45, 2.75) is 39.3 Å². The zero-order valence-electron chi connectivity index (χ0n) is 16.4. The summed E-state index contributed by atoms with van der Waals surface area (Å²) >= 11 is 0. The Morgan fingerprint density at radius 3 is 2.64 bits per heavy atom. The van der Waals surface area contributed by atoms with Crippen LogP contribution in [0, 0.1) is 0 Å².